The largest absolute Gasteiger partial charge is 0.380 e. The molecule has 1 fully saturated rings. The van der Waals surface area contributed by atoms with E-state index < -0.39 is 0 Å². The Kier molecular flexibility index (Phi) is 3.76. The van der Waals surface area contributed by atoms with E-state index in [0.717, 1.165) is 19.4 Å². The van der Waals surface area contributed by atoms with Crippen LogP contribution in [0, 0.1) is 5.82 Å². The van der Waals surface area contributed by atoms with Crippen molar-refractivity contribution >= 4 is 21.7 Å². The third-order valence-corrected chi connectivity index (χ3v) is 3.23. The molecule has 2 heterocycles. The monoisotopic (exact) mass is 288 g/mol. The Hall–Kier alpha value is -0.680. The number of piperidine rings is 1. The molecule has 1 aliphatic heterocycles. The standard InChI is InChI=1S/C11H14BrFN2O/c1-16-9-3-2-4-15(7-9)11-10(13)5-8(12)6-14-11/h5-6,9H,2-4,7H2,1H3. The summed E-state index contributed by atoms with van der Waals surface area (Å²) in [5, 5.41) is 0. The van der Waals surface area contributed by atoms with E-state index in [1.807, 2.05) is 4.90 Å². The quantitative estimate of drug-likeness (QED) is 0.837. The summed E-state index contributed by atoms with van der Waals surface area (Å²) >= 11 is 3.20. The molecular weight excluding hydrogens is 275 g/mol. The van der Waals surface area contributed by atoms with E-state index in [1.165, 1.54) is 6.07 Å². The summed E-state index contributed by atoms with van der Waals surface area (Å²) in [7, 11) is 1.69. The fourth-order valence-corrected chi connectivity index (χ4v) is 2.27. The molecule has 5 heteroatoms. The number of aromatic nitrogens is 1. The van der Waals surface area contributed by atoms with Crippen molar-refractivity contribution in [2.45, 2.75) is 18.9 Å². The van der Waals surface area contributed by atoms with Crippen LogP contribution in [0.5, 0.6) is 0 Å². The van der Waals surface area contributed by atoms with Crippen molar-refractivity contribution in [1.82, 2.24) is 4.98 Å². The predicted octanol–water partition coefficient (Wildman–Crippen LogP) is 2.60. The van der Waals surface area contributed by atoms with Crippen molar-refractivity contribution in [2.75, 3.05) is 25.1 Å². The van der Waals surface area contributed by atoms with Gasteiger partial charge in [0.1, 0.15) is 0 Å². The average molecular weight is 289 g/mol. The highest BCUT2D eigenvalue weighted by molar-refractivity contribution is 9.10. The molecule has 88 valence electrons. The van der Waals surface area contributed by atoms with Crippen molar-refractivity contribution in [3.05, 3.63) is 22.6 Å². The molecule has 2 rings (SSSR count). The first-order chi connectivity index (χ1) is 7.70. The van der Waals surface area contributed by atoms with Gasteiger partial charge in [0.15, 0.2) is 11.6 Å². The Morgan fingerprint density at radius 1 is 1.62 bits per heavy atom. The molecule has 0 spiro atoms. The van der Waals surface area contributed by atoms with E-state index in [2.05, 4.69) is 20.9 Å². The second-order valence-electron chi connectivity index (χ2n) is 3.90. The Morgan fingerprint density at radius 3 is 3.12 bits per heavy atom. The highest BCUT2D eigenvalue weighted by Gasteiger charge is 2.22. The molecule has 1 aromatic rings. The van der Waals surface area contributed by atoms with Crippen LogP contribution in [0.3, 0.4) is 0 Å². The van der Waals surface area contributed by atoms with Gasteiger partial charge in [0, 0.05) is 30.9 Å². The van der Waals surface area contributed by atoms with Crippen LogP contribution < -0.4 is 4.90 Å². The molecule has 1 unspecified atom stereocenters. The average Bonchev–Trinajstić information content (AvgIpc) is 2.29. The maximum atomic E-state index is 13.7. The fourth-order valence-electron chi connectivity index (χ4n) is 1.96. The first-order valence-electron chi connectivity index (χ1n) is 5.29. The predicted molar refractivity (Wildman–Crippen MR) is 64.1 cm³/mol. The van der Waals surface area contributed by atoms with Crippen LogP contribution >= 0.6 is 15.9 Å². The molecule has 0 radical (unpaired) electrons. The topological polar surface area (TPSA) is 25.4 Å². The number of methoxy groups -OCH3 is 1. The van der Waals surface area contributed by atoms with E-state index in [0.29, 0.717) is 16.8 Å². The minimum Gasteiger partial charge on any atom is -0.380 e. The van der Waals surface area contributed by atoms with Gasteiger partial charge >= 0.3 is 0 Å². The smallest absolute Gasteiger partial charge is 0.166 e. The number of halogens is 2. The summed E-state index contributed by atoms with van der Waals surface area (Å²) in [6.45, 7) is 1.55. The number of anilines is 1. The third kappa shape index (κ3) is 2.52. The van der Waals surface area contributed by atoms with Crippen molar-refractivity contribution in [2.24, 2.45) is 0 Å². The molecule has 0 amide bonds. The maximum Gasteiger partial charge on any atom is 0.166 e. The third-order valence-electron chi connectivity index (χ3n) is 2.80. The number of hydrogen-bond donors (Lipinski definition) is 0. The van der Waals surface area contributed by atoms with Crippen molar-refractivity contribution < 1.29 is 9.13 Å². The first kappa shape index (κ1) is 11.8. The van der Waals surface area contributed by atoms with Gasteiger partial charge in [-0.2, -0.15) is 0 Å². The summed E-state index contributed by atoms with van der Waals surface area (Å²) in [5.41, 5.74) is 0. The van der Waals surface area contributed by atoms with Crippen LogP contribution in [-0.2, 0) is 4.74 Å². The molecule has 1 aromatic heterocycles. The van der Waals surface area contributed by atoms with Crippen LogP contribution in [0.15, 0.2) is 16.7 Å². The molecule has 0 aliphatic carbocycles. The maximum absolute atomic E-state index is 13.7. The molecule has 0 bridgehead atoms. The lowest BCUT2D eigenvalue weighted by molar-refractivity contribution is 0.0889. The van der Waals surface area contributed by atoms with Gasteiger partial charge in [0.2, 0.25) is 0 Å². The van der Waals surface area contributed by atoms with Crippen LogP contribution in [0.2, 0.25) is 0 Å². The minimum absolute atomic E-state index is 0.179. The fraction of sp³-hybridized carbons (Fsp3) is 0.545. The summed E-state index contributed by atoms with van der Waals surface area (Å²) in [4.78, 5) is 6.06. The Bertz CT molecular complexity index is 375. The molecule has 3 nitrogen and oxygen atoms in total. The van der Waals surface area contributed by atoms with Gasteiger partial charge in [0.05, 0.1) is 6.10 Å². The second kappa shape index (κ2) is 5.10. The second-order valence-corrected chi connectivity index (χ2v) is 4.82. The summed E-state index contributed by atoms with van der Waals surface area (Å²) in [6.07, 6.45) is 3.84. The van der Waals surface area contributed by atoms with Gasteiger partial charge in [-0.1, -0.05) is 0 Å². The molecule has 1 atom stereocenters. The minimum atomic E-state index is -0.286. The molecule has 0 aromatic carbocycles. The number of nitrogens with zero attached hydrogens (tertiary/aromatic N) is 2. The van der Waals surface area contributed by atoms with E-state index >= 15 is 0 Å². The zero-order chi connectivity index (χ0) is 11.5. The summed E-state index contributed by atoms with van der Waals surface area (Å²) < 4.78 is 19.7. The van der Waals surface area contributed by atoms with Crippen molar-refractivity contribution in [3.8, 4) is 0 Å². The Labute approximate surface area is 103 Å². The number of pyridine rings is 1. The Balaban J connectivity index is 2.16. The highest BCUT2D eigenvalue weighted by atomic mass is 79.9. The van der Waals surface area contributed by atoms with Crippen molar-refractivity contribution in [3.63, 3.8) is 0 Å². The van der Waals surface area contributed by atoms with Crippen molar-refractivity contribution in [1.29, 1.82) is 0 Å². The SMILES string of the molecule is COC1CCCN(c2ncc(Br)cc2F)C1. The van der Waals surface area contributed by atoms with Gasteiger partial charge in [-0.25, -0.2) is 9.37 Å². The van der Waals surface area contributed by atoms with Crippen LogP contribution in [0.4, 0.5) is 10.2 Å². The number of rotatable bonds is 2. The van der Waals surface area contributed by atoms with E-state index in [-0.39, 0.29) is 11.9 Å². The molecule has 0 N–H and O–H groups in total. The lowest BCUT2D eigenvalue weighted by Gasteiger charge is -2.32. The Morgan fingerprint density at radius 2 is 2.44 bits per heavy atom. The molecular formula is C11H14BrFN2O. The van der Waals surface area contributed by atoms with Crippen LogP contribution in [0.1, 0.15) is 12.8 Å². The number of ether oxygens (including phenoxy) is 1. The molecule has 16 heavy (non-hydrogen) atoms. The van der Waals surface area contributed by atoms with Gasteiger partial charge in [-0.15, -0.1) is 0 Å². The van der Waals surface area contributed by atoms with Crippen LogP contribution in [0.25, 0.3) is 0 Å². The molecule has 1 saturated heterocycles. The van der Waals surface area contributed by atoms with Gasteiger partial charge < -0.3 is 9.64 Å². The van der Waals surface area contributed by atoms with E-state index in [9.17, 15) is 4.39 Å². The molecule has 1 aliphatic rings. The van der Waals surface area contributed by atoms with E-state index in [1.54, 1.807) is 13.3 Å². The van der Waals surface area contributed by atoms with Gasteiger partial charge in [-0.05, 0) is 34.8 Å². The normalized spacial score (nSPS) is 21.2. The number of hydrogen-bond acceptors (Lipinski definition) is 3. The summed E-state index contributed by atoms with van der Waals surface area (Å²) in [6, 6.07) is 1.44. The zero-order valence-corrected chi connectivity index (χ0v) is 10.7. The van der Waals surface area contributed by atoms with E-state index in [4.69, 9.17) is 4.74 Å². The first-order valence-corrected chi connectivity index (χ1v) is 6.09. The lowest BCUT2D eigenvalue weighted by atomic mass is 10.1. The summed E-state index contributed by atoms with van der Waals surface area (Å²) in [5.74, 6) is 0.135. The lowest BCUT2D eigenvalue weighted by Crippen LogP contribution is -2.40. The van der Waals surface area contributed by atoms with Gasteiger partial charge in [0.25, 0.3) is 0 Å². The van der Waals surface area contributed by atoms with Gasteiger partial charge in [-0.3, -0.25) is 0 Å². The highest BCUT2D eigenvalue weighted by Crippen LogP contribution is 2.23. The van der Waals surface area contributed by atoms with Crippen LogP contribution in [-0.4, -0.2) is 31.3 Å². The molecule has 0 saturated carbocycles. The zero-order valence-electron chi connectivity index (χ0n) is 9.12.